The molecular weight excluding hydrogens is 341 g/mol. The molecule has 1 heterocycles. The first-order valence-electron chi connectivity index (χ1n) is 6.57. The van der Waals surface area contributed by atoms with Gasteiger partial charge in [-0.15, -0.1) is 0 Å². The lowest BCUT2D eigenvalue weighted by Gasteiger charge is -2.12. The van der Waals surface area contributed by atoms with E-state index in [4.69, 9.17) is 32.7 Å². The number of Topliss-reactive ketones (excluding diaryl/α,β-unsaturated/α-hetero) is 1. The number of methoxy groups -OCH3 is 2. The third kappa shape index (κ3) is 2.42. The lowest BCUT2D eigenvalue weighted by Crippen LogP contribution is -2.13. The van der Waals surface area contributed by atoms with Gasteiger partial charge in [0.25, 0.3) is 0 Å². The van der Waals surface area contributed by atoms with Gasteiger partial charge >= 0.3 is 0 Å². The molecule has 0 amide bonds. The molecule has 0 unspecified atom stereocenters. The molecule has 3 rings (SSSR count). The van der Waals surface area contributed by atoms with Gasteiger partial charge in [0.2, 0.25) is 5.78 Å². The molecule has 23 heavy (non-hydrogen) atoms. The van der Waals surface area contributed by atoms with E-state index in [0.29, 0.717) is 28.0 Å². The monoisotopic (exact) mass is 351 g/mol. The summed E-state index contributed by atoms with van der Waals surface area (Å²) < 4.78 is 10.5. The third-order valence-electron chi connectivity index (χ3n) is 3.59. The number of fused-ring (bicyclic) bond motifs is 1. The number of hydrogen-bond donors (Lipinski definition) is 1. The SMILES string of the molecule is COc1cc2[nH]cc(C3=C(Cl)C(=O)C=C(Cl)C3=O)c2cc1OC. The molecule has 0 bridgehead atoms. The summed E-state index contributed by atoms with van der Waals surface area (Å²) in [5, 5.41) is 0.350. The van der Waals surface area contributed by atoms with Crippen molar-refractivity contribution in [3.05, 3.63) is 40.0 Å². The number of allylic oxidation sites excluding steroid dienone is 4. The van der Waals surface area contributed by atoms with Gasteiger partial charge in [0, 0.05) is 34.8 Å². The zero-order chi connectivity index (χ0) is 16.7. The maximum atomic E-state index is 12.3. The van der Waals surface area contributed by atoms with Gasteiger partial charge in [0.15, 0.2) is 17.3 Å². The lowest BCUT2D eigenvalue weighted by molar-refractivity contribution is -0.113. The van der Waals surface area contributed by atoms with E-state index in [0.717, 1.165) is 6.08 Å². The van der Waals surface area contributed by atoms with Gasteiger partial charge in [0.05, 0.1) is 29.9 Å². The van der Waals surface area contributed by atoms with Crippen molar-refractivity contribution in [1.29, 1.82) is 0 Å². The Kier molecular flexibility index (Phi) is 3.92. The fourth-order valence-corrected chi connectivity index (χ4v) is 2.92. The topological polar surface area (TPSA) is 68.4 Å². The first-order chi connectivity index (χ1) is 11.0. The zero-order valence-electron chi connectivity index (χ0n) is 12.2. The van der Waals surface area contributed by atoms with Crippen molar-refractivity contribution < 1.29 is 19.1 Å². The largest absolute Gasteiger partial charge is 0.493 e. The quantitative estimate of drug-likeness (QED) is 0.860. The molecule has 5 nitrogen and oxygen atoms in total. The minimum absolute atomic E-state index is 0.0719. The van der Waals surface area contributed by atoms with Gasteiger partial charge in [-0.25, -0.2) is 0 Å². The summed E-state index contributed by atoms with van der Waals surface area (Å²) in [6.07, 6.45) is 2.62. The predicted octanol–water partition coefficient (Wildman–Crippen LogP) is 3.41. The molecule has 0 fully saturated rings. The van der Waals surface area contributed by atoms with Crippen molar-refractivity contribution in [2.24, 2.45) is 0 Å². The predicted molar refractivity (Wildman–Crippen MR) is 88.1 cm³/mol. The molecule has 1 aliphatic rings. The normalized spacial score (nSPS) is 15.2. The standard InChI is InChI=1S/C16H11Cl2NO4/c1-22-12-3-7-8(6-19-10(7)5-13(12)23-2)14-15(18)11(20)4-9(17)16(14)21/h3-6,19H,1-2H3. The van der Waals surface area contributed by atoms with E-state index in [1.54, 1.807) is 18.3 Å². The van der Waals surface area contributed by atoms with Crippen molar-refractivity contribution in [3.8, 4) is 11.5 Å². The number of carbonyl (C=O) groups excluding carboxylic acids is 2. The summed E-state index contributed by atoms with van der Waals surface area (Å²) >= 11 is 11.9. The maximum absolute atomic E-state index is 12.3. The number of ether oxygens (including phenoxy) is 2. The fraction of sp³-hybridized carbons (Fsp3) is 0.125. The van der Waals surface area contributed by atoms with Crippen molar-refractivity contribution in [3.63, 3.8) is 0 Å². The molecule has 1 aliphatic carbocycles. The van der Waals surface area contributed by atoms with Crippen LogP contribution in [0, 0.1) is 0 Å². The number of nitrogens with one attached hydrogen (secondary N) is 1. The minimum Gasteiger partial charge on any atom is -0.493 e. The van der Waals surface area contributed by atoms with Crippen molar-refractivity contribution in [1.82, 2.24) is 4.98 Å². The number of carbonyl (C=O) groups is 2. The Hall–Kier alpha value is -2.24. The first-order valence-corrected chi connectivity index (χ1v) is 7.33. The molecule has 7 heteroatoms. The first kappa shape index (κ1) is 15.6. The highest BCUT2D eigenvalue weighted by Crippen LogP contribution is 2.39. The summed E-state index contributed by atoms with van der Waals surface area (Å²) in [5.74, 6) is 0.0410. The summed E-state index contributed by atoms with van der Waals surface area (Å²) in [7, 11) is 3.04. The highest BCUT2D eigenvalue weighted by molar-refractivity contribution is 6.62. The van der Waals surface area contributed by atoms with E-state index in [9.17, 15) is 9.59 Å². The molecule has 0 atom stereocenters. The van der Waals surface area contributed by atoms with Crippen LogP contribution in [0.1, 0.15) is 5.56 Å². The molecule has 0 radical (unpaired) electrons. The molecule has 0 aliphatic heterocycles. The Labute approximate surface area is 141 Å². The van der Waals surface area contributed by atoms with Crippen LogP contribution < -0.4 is 9.47 Å². The number of aromatic nitrogens is 1. The Balaban J connectivity index is 2.27. The molecule has 1 N–H and O–H groups in total. The van der Waals surface area contributed by atoms with Gasteiger partial charge in [-0.05, 0) is 6.07 Å². The highest BCUT2D eigenvalue weighted by atomic mass is 35.5. The second kappa shape index (κ2) is 5.76. The molecule has 0 saturated carbocycles. The number of ketones is 2. The van der Waals surface area contributed by atoms with Gasteiger partial charge in [-0.3, -0.25) is 9.59 Å². The van der Waals surface area contributed by atoms with E-state index >= 15 is 0 Å². The summed E-state index contributed by atoms with van der Waals surface area (Å²) in [6, 6.07) is 3.44. The average Bonchev–Trinajstić information content (AvgIpc) is 2.94. The van der Waals surface area contributed by atoms with E-state index in [-0.39, 0.29) is 15.6 Å². The minimum atomic E-state index is -0.499. The fourth-order valence-electron chi connectivity index (χ4n) is 2.48. The van der Waals surface area contributed by atoms with E-state index in [1.165, 1.54) is 14.2 Å². The van der Waals surface area contributed by atoms with Crippen molar-refractivity contribution in [2.45, 2.75) is 0 Å². The van der Waals surface area contributed by atoms with Crippen LogP contribution >= 0.6 is 23.2 Å². The van der Waals surface area contributed by atoms with Crippen LogP contribution in [-0.4, -0.2) is 30.8 Å². The number of hydrogen-bond acceptors (Lipinski definition) is 4. The second-order valence-electron chi connectivity index (χ2n) is 4.83. The average molecular weight is 352 g/mol. The van der Waals surface area contributed by atoms with Gasteiger partial charge < -0.3 is 14.5 Å². The summed E-state index contributed by atoms with van der Waals surface area (Å²) in [4.78, 5) is 27.2. The molecule has 1 aromatic carbocycles. The number of H-pyrrole nitrogens is 1. The van der Waals surface area contributed by atoms with Gasteiger partial charge in [-0.2, -0.15) is 0 Å². The van der Waals surface area contributed by atoms with E-state index in [1.807, 2.05) is 0 Å². The Morgan fingerprint density at radius 1 is 1.04 bits per heavy atom. The van der Waals surface area contributed by atoms with Crippen LogP contribution in [0.2, 0.25) is 0 Å². The molecule has 0 spiro atoms. The van der Waals surface area contributed by atoms with Crippen LogP contribution in [0.5, 0.6) is 11.5 Å². The van der Waals surface area contributed by atoms with Crippen molar-refractivity contribution >= 4 is 51.2 Å². The molecule has 118 valence electrons. The summed E-state index contributed by atoms with van der Waals surface area (Å²) in [5.41, 5.74) is 1.26. The number of halogens is 2. The molecular formula is C16H11Cl2NO4. The summed E-state index contributed by atoms with van der Waals surface area (Å²) in [6.45, 7) is 0. The number of benzene rings is 1. The Morgan fingerprint density at radius 2 is 1.70 bits per heavy atom. The van der Waals surface area contributed by atoms with Gasteiger partial charge in [-0.1, -0.05) is 23.2 Å². The smallest absolute Gasteiger partial charge is 0.206 e. The van der Waals surface area contributed by atoms with Crippen molar-refractivity contribution in [2.75, 3.05) is 14.2 Å². The third-order valence-corrected chi connectivity index (χ3v) is 4.25. The van der Waals surface area contributed by atoms with Crippen LogP contribution in [0.4, 0.5) is 0 Å². The van der Waals surface area contributed by atoms with E-state index in [2.05, 4.69) is 4.98 Å². The molecule has 1 aromatic heterocycles. The molecule has 0 saturated heterocycles. The Bertz CT molecular complexity index is 908. The van der Waals surface area contributed by atoms with Crippen LogP contribution in [0.25, 0.3) is 16.5 Å². The highest BCUT2D eigenvalue weighted by Gasteiger charge is 2.29. The zero-order valence-corrected chi connectivity index (χ0v) is 13.7. The van der Waals surface area contributed by atoms with Gasteiger partial charge in [0.1, 0.15) is 0 Å². The van der Waals surface area contributed by atoms with Crippen LogP contribution in [0.15, 0.2) is 34.5 Å². The van der Waals surface area contributed by atoms with Crippen LogP contribution in [0.3, 0.4) is 0 Å². The van der Waals surface area contributed by atoms with E-state index < -0.39 is 11.6 Å². The maximum Gasteiger partial charge on any atom is 0.206 e. The number of rotatable bonds is 3. The number of aromatic amines is 1. The Morgan fingerprint density at radius 3 is 2.35 bits per heavy atom. The lowest BCUT2D eigenvalue weighted by atomic mass is 9.95. The van der Waals surface area contributed by atoms with Crippen LogP contribution in [-0.2, 0) is 9.59 Å². The second-order valence-corrected chi connectivity index (χ2v) is 5.61. The molecule has 2 aromatic rings.